The molecule has 3 atom stereocenters. The fraction of sp³-hybridized carbons (Fsp3) is 0.615. The van der Waals surface area contributed by atoms with Crippen molar-refractivity contribution < 1.29 is 18.0 Å². The fourth-order valence-corrected chi connectivity index (χ4v) is 3.10. The van der Waals surface area contributed by atoms with Crippen molar-refractivity contribution in [2.75, 3.05) is 25.0 Å². The molecule has 1 saturated carbocycles. The number of nitrogens with zero attached hydrogens (tertiary/aromatic N) is 4. The minimum atomic E-state index is -4.46. The zero-order chi connectivity index (χ0) is 15.4. The average Bonchev–Trinajstić information content (AvgIpc) is 2.90. The molecule has 0 aromatic carbocycles. The Kier molecular flexibility index (Phi) is 3.07. The molecule has 0 bridgehead atoms. The van der Waals surface area contributed by atoms with Crippen molar-refractivity contribution in [3.8, 4) is 0 Å². The van der Waals surface area contributed by atoms with Gasteiger partial charge in [0.2, 0.25) is 11.9 Å². The Balaban J connectivity index is 1.69. The summed E-state index contributed by atoms with van der Waals surface area (Å²) in [5.41, 5.74) is -0.925. The van der Waals surface area contributed by atoms with E-state index in [2.05, 4.69) is 9.97 Å². The van der Waals surface area contributed by atoms with Crippen LogP contribution in [-0.2, 0) is 11.0 Å². The van der Waals surface area contributed by atoms with Crippen molar-refractivity contribution >= 4 is 11.9 Å². The van der Waals surface area contributed by atoms with Crippen LogP contribution < -0.4 is 4.90 Å². The maximum absolute atomic E-state index is 12.6. The summed E-state index contributed by atoms with van der Waals surface area (Å²) in [5, 5.41) is 0. The van der Waals surface area contributed by atoms with Crippen molar-refractivity contribution in [3.63, 3.8) is 0 Å². The van der Waals surface area contributed by atoms with Crippen LogP contribution in [0.15, 0.2) is 12.3 Å². The Hall–Kier alpha value is -1.86. The lowest BCUT2D eigenvalue weighted by molar-refractivity contribution is -0.141. The van der Waals surface area contributed by atoms with E-state index in [4.69, 9.17) is 0 Å². The van der Waals surface area contributed by atoms with Crippen LogP contribution in [0.4, 0.5) is 19.1 Å². The van der Waals surface area contributed by atoms with Gasteiger partial charge in [-0.05, 0) is 6.07 Å². The second kappa shape index (κ2) is 4.57. The van der Waals surface area contributed by atoms with Crippen molar-refractivity contribution in [3.05, 3.63) is 18.0 Å². The monoisotopic (exact) mass is 300 g/mol. The molecule has 1 saturated heterocycles. The molecule has 1 amide bonds. The normalized spacial score (nSPS) is 27.5. The van der Waals surface area contributed by atoms with Gasteiger partial charge in [0, 0.05) is 51.1 Å². The SMILES string of the molecule is CC(=O)N(C)C1[C@H]2CN(c3nccc(C(F)(F)F)n3)C[C@@H]12. The number of alkyl halides is 3. The lowest BCUT2D eigenvalue weighted by Gasteiger charge is -2.24. The largest absolute Gasteiger partial charge is 0.433 e. The van der Waals surface area contributed by atoms with Gasteiger partial charge in [0.15, 0.2) is 0 Å². The standard InChI is InChI=1S/C13H15F3N4O/c1-7(21)19(2)11-8-5-20(6-9(8)11)12-17-4-3-10(18-12)13(14,15)16/h3-4,8-9,11H,5-6H2,1-2H3/t8-,9+,11?. The van der Waals surface area contributed by atoms with Gasteiger partial charge < -0.3 is 9.80 Å². The number of fused-ring (bicyclic) bond motifs is 1. The Bertz CT molecular complexity index is 565. The summed E-state index contributed by atoms with van der Waals surface area (Å²) in [6.07, 6.45) is -3.33. The molecule has 3 rings (SSSR count). The number of piperidine rings is 1. The number of rotatable bonds is 2. The van der Waals surface area contributed by atoms with Crippen LogP contribution in [0.1, 0.15) is 12.6 Å². The summed E-state index contributed by atoms with van der Waals surface area (Å²) in [6.45, 7) is 2.70. The molecule has 8 heteroatoms. The number of aromatic nitrogens is 2. The van der Waals surface area contributed by atoms with E-state index in [0.29, 0.717) is 24.9 Å². The molecule has 1 aromatic rings. The topological polar surface area (TPSA) is 49.3 Å². The third kappa shape index (κ3) is 2.43. The predicted molar refractivity (Wildman–Crippen MR) is 68.5 cm³/mol. The highest BCUT2D eigenvalue weighted by Gasteiger charge is 2.58. The van der Waals surface area contributed by atoms with Crippen molar-refractivity contribution in [1.29, 1.82) is 0 Å². The molecule has 1 aliphatic carbocycles. The third-order valence-electron chi connectivity index (χ3n) is 4.31. The van der Waals surface area contributed by atoms with Crippen molar-refractivity contribution in [1.82, 2.24) is 14.9 Å². The maximum atomic E-state index is 12.6. The first-order valence-corrected chi connectivity index (χ1v) is 6.67. The van der Waals surface area contributed by atoms with Gasteiger partial charge in [-0.2, -0.15) is 13.2 Å². The maximum Gasteiger partial charge on any atom is 0.433 e. The molecule has 1 unspecified atom stereocenters. The molecule has 2 fully saturated rings. The highest BCUT2D eigenvalue weighted by Crippen LogP contribution is 2.49. The van der Waals surface area contributed by atoms with Crippen molar-refractivity contribution in [2.24, 2.45) is 11.8 Å². The molecule has 1 aliphatic heterocycles. The summed E-state index contributed by atoms with van der Waals surface area (Å²) in [4.78, 5) is 22.3. The van der Waals surface area contributed by atoms with E-state index in [1.807, 2.05) is 0 Å². The smallest absolute Gasteiger partial charge is 0.342 e. The molecule has 0 radical (unpaired) electrons. The molecule has 114 valence electrons. The lowest BCUT2D eigenvalue weighted by atomic mass is 10.3. The van der Waals surface area contributed by atoms with Crippen LogP contribution in [0.3, 0.4) is 0 Å². The molecule has 5 nitrogen and oxygen atoms in total. The van der Waals surface area contributed by atoms with Gasteiger partial charge in [0.1, 0.15) is 5.69 Å². The molecule has 0 spiro atoms. The van der Waals surface area contributed by atoms with Crippen molar-refractivity contribution in [2.45, 2.75) is 19.1 Å². The van der Waals surface area contributed by atoms with E-state index in [9.17, 15) is 18.0 Å². The molecule has 21 heavy (non-hydrogen) atoms. The van der Waals surface area contributed by atoms with Gasteiger partial charge in [-0.1, -0.05) is 0 Å². The van der Waals surface area contributed by atoms with Gasteiger partial charge in [-0.15, -0.1) is 0 Å². The van der Waals surface area contributed by atoms with E-state index in [0.717, 1.165) is 12.3 Å². The molecule has 2 heterocycles. The Morgan fingerprint density at radius 3 is 2.52 bits per heavy atom. The van der Waals surface area contributed by atoms with Gasteiger partial charge in [-0.3, -0.25) is 4.79 Å². The highest BCUT2D eigenvalue weighted by molar-refractivity contribution is 5.74. The second-order valence-electron chi connectivity index (χ2n) is 5.59. The number of amides is 1. The quantitative estimate of drug-likeness (QED) is 0.828. The minimum absolute atomic E-state index is 0.0104. The van der Waals surface area contributed by atoms with Crippen LogP contribution in [-0.4, -0.2) is 47.0 Å². The molecule has 2 aliphatic rings. The summed E-state index contributed by atoms with van der Waals surface area (Å²) < 4.78 is 37.9. The Morgan fingerprint density at radius 2 is 2.00 bits per heavy atom. The van der Waals surface area contributed by atoms with E-state index >= 15 is 0 Å². The molecule has 1 aromatic heterocycles. The summed E-state index contributed by atoms with van der Waals surface area (Å²) in [5.74, 6) is 0.728. The summed E-state index contributed by atoms with van der Waals surface area (Å²) >= 11 is 0. The Labute approximate surface area is 119 Å². The van der Waals surface area contributed by atoms with Gasteiger partial charge in [-0.25, -0.2) is 9.97 Å². The number of hydrogen-bond acceptors (Lipinski definition) is 4. The van der Waals surface area contributed by atoms with Crippen LogP contribution in [0, 0.1) is 11.8 Å². The number of anilines is 1. The number of carbonyl (C=O) groups excluding carboxylic acids is 1. The van der Waals surface area contributed by atoms with Crippen LogP contribution in [0.5, 0.6) is 0 Å². The van der Waals surface area contributed by atoms with Gasteiger partial charge in [0.05, 0.1) is 0 Å². The summed E-state index contributed by atoms with van der Waals surface area (Å²) in [7, 11) is 1.76. The van der Waals surface area contributed by atoms with Gasteiger partial charge >= 0.3 is 6.18 Å². The zero-order valence-corrected chi connectivity index (χ0v) is 11.6. The lowest BCUT2D eigenvalue weighted by Crippen LogP contribution is -2.35. The second-order valence-corrected chi connectivity index (χ2v) is 5.59. The van der Waals surface area contributed by atoms with Crippen LogP contribution in [0.25, 0.3) is 0 Å². The highest BCUT2D eigenvalue weighted by atomic mass is 19.4. The van der Waals surface area contributed by atoms with E-state index in [1.165, 1.54) is 6.92 Å². The van der Waals surface area contributed by atoms with E-state index in [1.54, 1.807) is 16.8 Å². The van der Waals surface area contributed by atoms with E-state index < -0.39 is 11.9 Å². The first-order chi connectivity index (χ1) is 9.79. The predicted octanol–water partition coefficient (Wildman–Crippen LogP) is 1.41. The average molecular weight is 300 g/mol. The zero-order valence-electron chi connectivity index (χ0n) is 11.6. The first kappa shape index (κ1) is 14.1. The van der Waals surface area contributed by atoms with E-state index in [-0.39, 0.29) is 17.9 Å². The number of carbonyl (C=O) groups is 1. The fourth-order valence-electron chi connectivity index (χ4n) is 3.10. The molecular formula is C13H15F3N4O. The van der Waals surface area contributed by atoms with Crippen LogP contribution >= 0.6 is 0 Å². The van der Waals surface area contributed by atoms with Crippen LogP contribution in [0.2, 0.25) is 0 Å². The number of halogens is 3. The third-order valence-corrected chi connectivity index (χ3v) is 4.31. The molecular weight excluding hydrogens is 285 g/mol. The summed E-state index contributed by atoms with van der Waals surface area (Å²) in [6, 6.07) is 1.07. The molecule has 0 N–H and O–H groups in total. The first-order valence-electron chi connectivity index (χ1n) is 6.67. The van der Waals surface area contributed by atoms with Gasteiger partial charge in [0.25, 0.3) is 0 Å². The Morgan fingerprint density at radius 1 is 1.38 bits per heavy atom. The minimum Gasteiger partial charge on any atom is -0.342 e. The number of hydrogen-bond donors (Lipinski definition) is 0.